The summed E-state index contributed by atoms with van der Waals surface area (Å²) in [6.07, 6.45) is 0. The first kappa shape index (κ1) is 14.0. The third-order valence-corrected chi connectivity index (χ3v) is 2.50. The molecule has 1 rings (SSSR count). The Balaban J connectivity index is 2.15. The first-order valence-electron chi connectivity index (χ1n) is 6.22. The topological polar surface area (TPSA) is 30.5 Å². The van der Waals surface area contributed by atoms with Crippen LogP contribution in [0.4, 0.5) is 0 Å². The molecule has 0 heterocycles. The molecule has 0 aliphatic carbocycles. The molecule has 0 aliphatic heterocycles. The van der Waals surface area contributed by atoms with Crippen molar-refractivity contribution < 1.29 is 9.47 Å². The Morgan fingerprint density at radius 2 is 1.94 bits per heavy atom. The highest BCUT2D eigenvalue weighted by Crippen LogP contribution is 2.18. The fourth-order valence-corrected chi connectivity index (χ4v) is 1.50. The van der Waals surface area contributed by atoms with Crippen LogP contribution in [0, 0.1) is 13.8 Å². The summed E-state index contributed by atoms with van der Waals surface area (Å²) in [6.45, 7) is 10.1. The fourth-order valence-electron chi connectivity index (χ4n) is 1.50. The molecule has 1 N–H and O–H groups in total. The summed E-state index contributed by atoms with van der Waals surface area (Å²) in [5.74, 6) is 0.959. The van der Waals surface area contributed by atoms with Crippen LogP contribution < -0.4 is 10.1 Å². The molecule has 1 aromatic carbocycles. The monoisotopic (exact) mass is 237 g/mol. The number of nitrogens with one attached hydrogen (secondary N) is 1. The molecule has 96 valence electrons. The molecule has 1 aromatic rings. The average Bonchev–Trinajstić information content (AvgIpc) is 2.32. The van der Waals surface area contributed by atoms with E-state index < -0.39 is 0 Å². The van der Waals surface area contributed by atoms with E-state index >= 15 is 0 Å². The number of hydrogen-bond donors (Lipinski definition) is 1. The lowest BCUT2D eigenvalue weighted by Crippen LogP contribution is -2.20. The molecule has 0 saturated carbocycles. The molecule has 17 heavy (non-hydrogen) atoms. The van der Waals surface area contributed by atoms with Gasteiger partial charge in [0.15, 0.2) is 0 Å². The molecule has 0 spiro atoms. The van der Waals surface area contributed by atoms with Crippen LogP contribution >= 0.6 is 0 Å². The highest BCUT2D eigenvalue weighted by molar-refractivity contribution is 5.35. The number of ether oxygens (including phenoxy) is 2. The number of aryl methyl sites for hydroxylation is 2. The summed E-state index contributed by atoms with van der Waals surface area (Å²) in [4.78, 5) is 0. The molecule has 0 aliphatic rings. The summed E-state index contributed by atoms with van der Waals surface area (Å²) in [5.41, 5.74) is 2.39. The number of likely N-dealkylation sites (N-methyl/N-ethyl adjacent to an activating group) is 1. The summed E-state index contributed by atoms with van der Waals surface area (Å²) >= 11 is 0. The standard InChI is InChI=1S/C14H23NO2/c1-4-15-7-8-16-9-10-17-14-11-12(2)5-6-13(14)3/h5-6,11,15H,4,7-10H2,1-3H3. The van der Waals surface area contributed by atoms with Crippen LogP contribution in [-0.2, 0) is 4.74 Å². The lowest BCUT2D eigenvalue weighted by Gasteiger charge is -2.10. The molecule has 0 unspecified atom stereocenters. The maximum Gasteiger partial charge on any atom is 0.122 e. The summed E-state index contributed by atoms with van der Waals surface area (Å²) < 4.78 is 11.1. The van der Waals surface area contributed by atoms with E-state index in [1.54, 1.807) is 0 Å². The van der Waals surface area contributed by atoms with Gasteiger partial charge in [0.25, 0.3) is 0 Å². The summed E-state index contributed by atoms with van der Waals surface area (Å²) in [5, 5.41) is 3.21. The molecule has 0 saturated heterocycles. The van der Waals surface area contributed by atoms with Gasteiger partial charge in [0.05, 0.1) is 13.2 Å². The maximum absolute atomic E-state index is 5.68. The predicted octanol–water partition coefficient (Wildman–Crippen LogP) is 2.31. The highest BCUT2D eigenvalue weighted by Gasteiger charge is 1.99. The summed E-state index contributed by atoms with van der Waals surface area (Å²) in [7, 11) is 0. The van der Waals surface area contributed by atoms with Crippen LogP contribution in [0.2, 0.25) is 0 Å². The lowest BCUT2D eigenvalue weighted by molar-refractivity contribution is 0.102. The van der Waals surface area contributed by atoms with Crippen molar-refractivity contribution >= 4 is 0 Å². The average molecular weight is 237 g/mol. The Kier molecular flexibility index (Phi) is 6.67. The Morgan fingerprint density at radius 3 is 2.71 bits per heavy atom. The third-order valence-electron chi connectivity index (χ3n) is 2.50. The van der Waals surface area contributed by atoms with E-state index in [0.29, 0.717) is 13.2 Å². The van der Waals surface area contributed by atoms with E-state index in [0.717, 1.165) is 25.4 Å². The zero-order valence-corrected chi connectivity index (χ0v) is 11.1. The molecule has 0 aromatic heterocycles. The van der Waals surface area contributed by atoms with Crippen molar-refractivity contribution in [2.75, 3.05) is 32.9 Å². The minimum absolute atomic E-state index is 0.608. The van der Waals surface area contributed by atoms with E-state index in [1.807, 2.05) is 0 Å². The van der Waals surface area contributed by atoms with Crippen LogP contribution in [0.25, 0.3) is 0 Å². The molecular weight excluding hydrogens is 214 g/mol. The van der Waals surface area contributed by atoms with Crippen molar-refractivity contribution in [2.24, 2.45) is 0 Å². The molecule has 3 heteroatoms. The van der Waals surface area contributed by atoms with E-state index in [-0.39, 0.29) is 0 Å². The van der Waals surface area contributed by atoms with E-state index in [9.17, 15) is 0 Å². The van der Waals surface area contributed by atoms with Crippen LogP contribution in [0.15, 0.2) is 18.2 Å². The highest BCUT2D eigenvalue weighted by atomic mass is 16.5. The van der Waals surface area contributed by atoms with Crippen LogP contribution in [0.5, 0.6) is 5.75 Å². The van der Waals surface area contributed by atoms with Gasteiger partial charge in [-0.05, 0) is 37.6 Å². The van der Waals surface area contributed by atoms with E-state index in [4.69, 9.17) is 9.47 Å². The second-order valence-corrected chi connectivity index (χ2v) is 4.08. The van der Waals surface area contributed by atoms with Gasteiger partial charge in [0, 0.05) is 6.54 Å². The normalized spacial score (nSPS) is 10.5. The Hall–Kier alpha value is -1.06. The smallest absolute Gasteiger partial charge is 0.122 e. The second kappa shape index (κ2) is 8.09. The number of hydrogen-bond acceptors (Lipinski definition) is 3. The van der Waals surface area contributed by atoms with Crippen molar-refractivity contribution in [1.82, 2.24) is 5.32 Å². The Bertz CT molecular complexity index is 326. The summed E-state index contributed by atoms with van der Waals surface area (Å²) in [6, 6.07) is 6.24. The molecule has 0 atom stereocenters. The van der Waals surface area contributed by atoms with Crippen molar-refractivity contribution in [3.05, 3.63) is 29.3 Å². The minimum Gasteiger partial charge on any atom is -0.491 e. The van der Waals surface area contributed by atoms with Gasteiger partial charge < -0.3 is 14.8 Å². The van der Waals surface area contributed by atoms with Gasteiger partial charge in [0.2, 0.25) is 0 Å². The van der Waals surface area contributed by atoms with Gasteiger partial charge in [0.1, 0.15) is 12.4 Å². The van der Waals surface area contributed by atoms with Crippen LogP contribution in [-0.4, -0.2) is 32.9 Å². The predicted molar refractivity (Wildman–Crippen MR) is 70.8 cm³/mol. The van der Waals surface area contributed by atoms with Crippen molar-refractivity contribution in [3.63, 3.8) is 0 Å². The van der Waals surface area contributed by atoms with Crippen molar-refractivity contribution in [1.29, 1.82) is 0 Å². The van der Waals surface area contributed by atoms with Gasteiger partial charge in [-0.3, -0.25) is 0 Å². The van der Waals surface area contributed by atoms with Crippen LogP contribution in [0.3, 0.4) is 0 Å². The first-order chi connectivity index (χ1) is 8.24. The van der Waals surface area contributed by atoms with Crippen molar-refractivity contribution in [3.8, 4) is 5.75 Å². The number of rotatable bonds is 8. The van der Waals surface area contributed by atoms with E-state index in [1.165, 1.54) is 11.1 Å². The largest absolute Gasteiger partial charge is 0.491 e. The minimum atomic E-state index is 0.608. The molecule has 0 radical (unpaired) electrons. The zero-order valence-electron chi connectivity index (χ0n) is 11.1. The van der Waals surface area contributed by atoms with E-state index in [2.05, 4.69) is 44.3 Å². The first-order valence-corrected chi connectivity index (χ1v) is 6.22. The fraction of sp³-hybridized carbons (Fsp3) is 0.571. The second-order valence-electron chi connectivity index (χ2n) is 4.08. The quantitative estimate of drug-likeness (QED) is 0.704. The molecule has 3 nitrogen and oxygen atoms in total. The number of benzene rings is 1. The molecular formula is C14H23NO2. The van der Waals surface area contributed by atoms with Gasteiger partial charge in [-0.1, -0.05) is 19.1 Å². The molecule has 0 amide bonds. The third kappa shape index (κ3) is 5.71. The maximum atomic E-state index is 5.68. The van der Waals surface area contributed by atoms with Crippen LogP contribution in [0.1, 0.15) is 18.1 Å². The van der Waals surface area contributed by atoms with Gasteiger partial charge in [-0.25, -0.2) is 0 Å². The lowest BCUT2D eigenvalue weighted by atomic mass is 10.1. The Labute approximate surface area is 104 Å². The molecule has 0 fully saturated rings. The van der Waals surface area contributed by atoms with Gasteiger partial charge in [-0.15, -0.1) is 0 Å². The van der Waals surface area contributed by atoms with Crippen molar-refractivity contribution in [2.45, 2.75) is 20.8 Å². The van der Waals surface area contributed by atoms with Gasteiger partial charge >= 0.3 is 0 Å². The SMILES string of the molecule is CCNCCOCCOc1cc(C)ccc1C. The zero-order chi connectivity index (χ0) is 12.5. The van der Waals surface area contributed by atoms with Gasteiger partial charge in [-0.2, -0.15) is 0 Å². The molecule has 0 bridgehead atoms. The Morgan fingerprint density at radius 1 is 1.12 bits per heavy atom.